The van der Waals surface area contributed by atoms with Crippen LogP contribution in [0, 0.1) is 0 Å². The number of carbonyl (C=O) groups is 1. The zero-order valence-corrected chi connectivity index (χ0v) is 15.7. The Morgan fingerprint density at radius 2 is 1.78 bits per heavy atom. The molecule has 0 aromatic heterocycles. The summed E-state index contributed by atoms with van der Waals surface area (Å²) in [5.41, 5.74) is 2.03. The van der Waals surface area contributed by atoms with Crippen molar-refractivity contribution >= 4 is 23.2 Å². The summed E-state index contributed by atoms with van der Waals surface area (Å²) in [4.78, 5) is 12.8. The third-order valence-electron chi connectivity index (χ3n) is 3.83. The molecule has 0 aliphatic carbocycles. The second kappa shape index (κ2) is 9.10. The lowest BCUT2D eigenvalue weighted by molar-refractivity contribution is 0.102. The minimum atomic E-state index is -0.297. The van der Waals surface area contributed by atoms with Crippen LogP contribution in [0.4, 0.5) is 5.69 Å². The summed E-state index contributed by atoms with van der Waals surface area (Å²) in [6.07, 6.45) is 0. The zero-order valence-electron chi connectivity index (χ0n) is 14.9. The van der Waals surface area contributed by atoms with Crippen LogP contribution in [-0.2, 0) is 6.61 Å². The fourth-order valence-corrected chi connectivity index (χ4v) is 2.74. The van der Waals surface area contributed by atoms with Crippen molar-refractivity contribution in [2.45, 2.75) is 13.5 Å². The molecule has 5 heteroatoms. The lowest BCUT2D eigenvalue weighted by atomic mass is 10.1. The Hall–Kier alpha value is -2.98. The van der Waals surface area contributed by atoms with Gasteiger partial charge in [0.1, 0.15) is 18.1 Å². The summed E-state index contributed by atoms with van der Waals surface area (Å²) < 4.78 is 11.3. The summed E-state index contributed by atoms with van der Waals surface area (Å²) in [7, 11) is 0. The summed E-state index contributed by atoms with van der Waals surface area (Å²) in [5.74, 6) is 0.873. The molecule has 27 heavy (non-hydrogen) atoms. The first-order valence-corrected chi connectivity index (χ1v) is 9.04. The third kappa shape index (κ3) is 5.25. The number of ether oxygens (including phenoxy) is 2. The number of benzene rings is 3. The van der Waals surface area contributed by atoms with Crippen molar-refractivity contribution in [2.75, 3.05) is 11.9 Å². The molecule has 0 saturated heterocycles. The zero-order chi connectivity index (χ0) is 19.1. The highest BCUT2D eigenvalue weighted by molar-refractivity contribution is 6.31. The maximum atomic E-state index is 12.8. The van der Waals surface area contributed by atoms with Gasteiger partial charge >= 0.3 is 0 Å². The van der Waals surface area contributed by atoms with E-state index in [1.807, 2.05) is 49.4 Å². The number of rotatable bonds is 7. The van der Waals surface area contributed by atoms with E-state index in [0.717, 1.165) is 5.56 Å². The molecule has 0 fully saturated rings. The molecule has 1 N–H and O–H groups in total. The summed E-state index contributed by atoms with van der Waals surface area (Å²) in [5, 5.41) is 3.33. The molecule has 0 saturated carbocycles. The van der Waals surface area contributed by atoms with Gasteiger partial charge < -0.3 is 14.8 Å². The van der Waals surface area contributed by atoms with E-state index in [9.17, 15) is 4.79 Å². The molecular formula is C22H20ClNO3. The number of anilines is 1. The van der Waals surface area contributed by atoms with Crippen LogP contribution in [0.5, 0.6) is 11.5 Å². The number of halogens is 1. The van der Waals surface area contributed by atoms with E-state index < -0.39 is 0 Å². The second-order valence-corrected chi connectivity index (χ2v) is 6.27. The number of amides is 1. The fraction of sp³-hybridized carbons (Fsp3) is 0.136. The van der Waals surface area contributed by atoms with Gasteiger partial charge in [0.25, 0.3) is 5.91 Å². The highest BCUT2D eigenvalue weighted by Crippen LogP contribution is 2.26. The van der Waals surface area contributed by atoms with E-state index >= 15 is 0 Å². The van der Waals surface area contributed by atoms with E-state index in [1.54, 1.807) is 30.3 Å². The molecule has 3 aromatic carbocycles. The summed E-state index contributed by atoms with van der Waals surface area (Å²) in [6, 6.07) is 22.0. The van der Waals surface area contributed by atoms with Gasteiger partial charge in [0, 0.05) is 16.8 Å². The molecule has 0 unspecified atom stereocenters. The second-order valence-electron chi connectivity index (χ2n) is 5.83. The molecule has 0 spiro atoms. The lowest BCUT2D eigenvalue weighted by Gasteiger charge is -2.13. The van der Waals surface area contributed by atoms with Gasteiger partial charge in [-0.1, -0.05) is 48.0 Å². The summed E-state index contributed by atoms with van der Waals surface area (Å²) in [6.45, 7) is 2.83. The van der Waals surface area contributed by atoms with Gasteiger partial charge in [-0.2, -0.15) is 0 Å². The van der Waals surface area contributed by atoms with Crippen LogP contribution < -0.4 is 14.8 Å². The van der Waals surface area contributed by atoms with Crippen LogP contribution >= 0.6 is 11.6 Å². The van der Waals surface area contributed by atoms with E-state index in [4.69, 9.17) is 21.1 Å². The van der Waals surface area contributed by atoms with Crippen LogP contribution in [0.1, 0.15) is 22.8 Å². The maximum absolute atomic E-state index is 12.8. The number of carbonyl (C=O) groups excluding carboxylic acids is 1. The van der Waals surface area contributed by atoms with Crippen molar-refractivity contribution in [1.29, 1.82) is 0 Å². The van der Waals surface area contributed by atoms with Crippen molar-refractivity contribution < 1.29 is 14.3 Å². The number of nitrogens with one attached hydrogen (secondary N) is 1. The van der Waals surface area contributed by atoms with Gasteiger partial charge in [-0.15, -0.1) is 0 Å². The van der Waals surface area contributed by atoms with Gasteiger partial charge in [-0.3, -0.25) is 4.79 Å². The van der Waals surface area contributed by atoms with Crippen molar-refractivity contribution in [3.05, 3.63) is 88.9 Å². The predicted octanol–water partition coefficient (Wildman–Crippen LogP) is 5.57. The molecule has 138 valence electrons. The van der Waals surface area contributed by atoms with Crippen LogP contribution in [0.2, 0.25) is 5.02 Å². The average Bonchev–Trinajstić information content (AvgIpc) is 2.68. The number of hydrogen-bond donors (Lipinski definition) is 1. The molecule has 1 amide bonds. The van der Waals surface area contributed by atoms with Gasteiger partial charge in [-0.05, 0) is 42.8 Å². The normalized spacial score (nSPS) is 10.3. The molecule has 3 rings (SSSR count). The molecule has 3 aromatic rings. The van der Waals surface area contributed by atoms with Gasteiger partial charge in [0.15, 0.2) is 0 Å². The van der Waals surface area contributed by atoms with E-state index in [2.05, 4.69) is 5.32 Å². The van der Waals surface area contributed by atoms with Gasteiger partial charge in [-0.25, -0.2) is 0 Å². The van der Waals surface area contributed by atoms with Crippen molar-refractivity contribution in [2.24, 2.45) is 0 Å². The van der Waals surface area contributed by atoms with Crippen molar-refractivity contribution in [3.8, 4) is 11.5 Å². The third-order valence-corrected chi connectivity index (χ3v) is 4.06. The molecule has 0 heterocycles. The van der Waals surface area contributed by atoms with E-state index in [0.29, 0.717) is 41.0 Å². The molecule has 0 aliphatic heterocycles. The minimum absolute atomic E-state index is 0.297. The van der Waals surface area contributed by atoms with Crippen LogP contribution in [0.3, 0.4) is 0 Å². The predicted molar refractivity (Wildman–Crippen MR) is 108 cm³/mol. The average molecular weight is 382 g/mol. The highest BCUT2D eigenvalue weighted by atomic mass is 35.5. The van der Waals surface area contributed by atoms with E-state index in [1.165, 1.54) is 0 Å². The quantitative estimate of drug-likeness (QED) is 0.582. The monoisotopic (exact) mass is 381 g/mol. The first kappa shape index (κ1) is 18.8. The largest absolute Gasteiger partial charge is 0.494 e. The minimum Gasteiger partial charge on any atom is -0.494 e. The Bertz CT molecular complexity index is 912. The molecule has 0 radical (unpaired) electrons. The Labute approximate surface area is 163 Å². The van der Waals surface area contributed by atoms with Crippen molar-refractivity contribution in [3.63, 3.8) is 0 Å². The SMILES string of the molecule is CCOc1cccc(NC(=O)c2cc(Cl)ccc2OCc2ccccc2)c1. The molecular weight excluding hydrogens is 362 g/mol. The topological polar surface area (TPSA) is 47.6 Å². The van der Waals surface area contributed by atoms with Gasteiger partial charge in [0.2, 0.25) is 0 Å². The smallest absolute Gasteiger partial charge is 0.259 e. The lowest BCUT2D eigenvalue weighted by Crippen LogP contribution is -2.14. The Morgan fingerprint density at radius 3 is 2.56 bits per heavy atom. The van der Waals surface area contributed by atoms with Crippen LogP contribution in [0.15, 0.2) is 72.8 Å². The standard InChI is InChI=1S/C22H20ClNO3/c1-2-26-19-10-6-9-18(14-19)24-22(25)20-13-17(23)11-12-21(20)27-15-16-7-4-3-5-8-16/h3-14H,2,15H2,1H3,(H,24,25). The summed E-state index contributed by atoms with van der Waals surface area (Å²) >= 11 is 6.09. The fourth-order valence-electron chi connectivity index (χ4n) is 2.57. The molecule has 0 aliphatic rings. The van der Waals surface area contributed by atoms with Crippen LogP contribution in [-0.4, -0.2) is 12.5 Å². The van der Waals surface area contributed by atoms with Crippen molar-refractivity contribution in [1.82, 2.24) is 0 Å². The van der Waals surface area contributed by atoms with Gasteiger partial charge in [0.05, 0.1) is 12.2 Å². The Balaban J connectivity index is 1.77. The van der Waals surface area contributed by atoms with Crippen LogP contribution in [0.25, 0.3) is 0 Å². The first-order valence-electron chi connectivity index (χ1n) is 8.66. The van der Waals surface area contributed by atoms with E-state index in [-0.39, 0.29) is 5.91 Å². The Morgan fingerprint density at radius 1 is 0.963 bits per heavy atom. The molecule has 4 nitrogen and oxygen atoms in total. The highest BCUT2D eigenvalue weighted by Gasteiger charge is 2.14. The molecule has 0 bridgehead atoms. The Kier molecular flexibility index (Phi) is 6.34. The first-order chi connectivity index (χ1) is 13.2. The maximum Gasteiger partial charge on any atom is 0.259 e. The number of hydrogen-bond acceptors (Lipinski definition) is 3. The molecule has 0 atom stereocenters.